The molecule has 0 aliphatic heterocycles. The number of sulfonamides is 1. The molecule has 2 rings (SSSR count). The Bertz CT molecular complexity index is 925. The lowest BCUT2D eigenvalue weighted by Gasteiger charge is -2.19. The van der Waals surface area contributed by atoms with Gasteiger partial charge in [0.15, 0.2) is 0 Å². The summed E-state index contributed by atoms with van der Waals surface area (Å²) in [5.41, 5.74) is 0.903. The summed E-state index contributed by atoms with van der Waals surface area (Å²) in [6.07, 6.45) is 0. The smallest absolute Gasteiger partial charge is 0.253 e. The van der Waals surface area contributed by atoms with Gasteiger partial charge in [-0.15, -0.1) is 0 Å². The van der Waals surface area contributed by atoms with Gasteiger partial charge < -0.3 is 10.2 Å². The lowest BCUT2D eigenvalue weighted by molar-refractivity contribution is -0.116. The van der Waals surface area contributed by atoms with E-state index in [1.807, 2.05) is 13.8 Å². The van der Waals surface area contributed by atoms with Gasteiger partial charge in [-0.3, -0.25) is 9.59 Å². The van der Waals surface area contributed by atoms with Crippen molar-refractivity contribution in [1.29, 1.82) is 0 Å². The monoisotopic (exact) mass is 403 g/mol. The van der Waals surface area contributed by atoms with Crippen molar-refractivity contribution >= 4 is 27.5 Å². The van der Waals surface area contributed by atoms with Crippen LogP contribution < -0.4 is 5.32 Å². The van der Waals surface area contributed by atoms with Gasteiger partial charge >= 0.3 is 0 Å². The minimum Gasteiger partial charge on any atom is -0.339 e. The second-order valence-electron chi connectivity index (χ2n) is 6.18. The SMILES string of the molecule is CCN(CC)C(=O)c1cccc(NC(=O)CN(C)S(=O)(=O)c2ccccc2)c1. The maximum atomic E-state index is 12.5. The van der Waals surface area contributed by atoms with Crippen molar-refractivity contribution in [2.45, 2.75) is 18.7 Å². The third kappa shape index (κ3) is 5.17. The summed E-state index contributed by atoms with van der Waals surface area (Å²) in [4.78, 5) is 26.6. The number of nitrogens with zero attached hydrogens (tertiary/aromatic N) is 2. The van der Waals surface area contributed by atoms with Crippen LogP contribution in [0.5, 0.6) is 0 Å². The number of amides is 2. The summed E-state index contributed by atoms with van der Waals surface area (Å²) >= 11 is 0. The van der Waals surface area contributed by atoms with E-state index in [1.165, 1.54) is 19.2 Å². The Morgan fingerprint density at radius 2 is 1.61 bits per heavy atom. The van der Waals surface area contributed by atoms with Crippen LogP contribution >= 0.6 is 0 Å². The lowest BCUT2D eigenvalue weighted by atomic mass is 10.1. The Balaban J connectivity index is 2.07. The van der Waals surface area contributed by atoms with Crippen LogP contribution in [-0.4, -0.2) is 56.1 Å². The van der Waals surface area contributed by atoms with Gasteiger partial charge in [-0.25, -0.2) is 8.42 Å². The Labute approximate surface area is 166 Å². The van der Waals surface area contributed by atoms with E-state index < -0.39 is 15.9 Å². The molecular formula is C20H25N3O4S. The Morgan fingerprint density at radius 1 is 0.964 bits per heavy atom. The Hall–Kier alpha value is -2.71. The van der Waals surface area contributed by atoms with Gasteiger partial charge in [-0.1, -0.05) is 24.3 Å². The summed E-state index contributed by atoms with van der Waals surface area (Å²) in [5, 5.41) is 2.65. The van der Waals surface area contributed by atoms with Crippen molar-refractivity contribution in [3.8, 4) is 0 Å². The number of benzene rings is 2. The first-order valence-electron chi connectivity index (χ1n) is 9.00. The molecule has 28 heavy (non-hydrogen) atoms. The molecule has 0 atom stereocenters. The van der Waals surface area contributed by atoms with Crippen LogP contribution in [0.1, 0.15) is 24.2 Å². The third-order valence-electron chi connectivity index (χ3n) is 4.26. The van der Waals surface area contributed by atoms with Crippen LogP contribution in [0.4, 0.5) is 5.69 Å². The molecule has 1 N–H and O–H groups in total. The third-order valence-corrected chi connectivity index (χ3v) is 6.08. The fraction of sp³-hybridized carbons (Fsp3) is 0.300. The first-order chi connectivity index (χ1) is 13.3. The van der Waals surface area contributed by atoms with Crippen LogP contribution in [-0.2, 0) is 14.8 Å². The Morgan fingerprint density at radius 3 is 2.21 bits per heavy atom. The number of carbonyl (C=O) groups excluding carboxylic acids is 2. The number of rotatable bonds is 8. The molecule has 0 aromatic heterocycles. The zero-order chi connectivity index (χ0) is 20.7. The van der Waals surface area contributed by atoms with Crippen molar-refractivity contribution < 1.29 is 18.0 Å². The molecule has 0 unspecified atom stereocenters. The molecule has 2 amide bonds. The zero-order valence-electron chi connectivity index (χ0n) is 16.3. The molecule has 0 heterocycles. The zero-order valence-corrected chi connectivity index (χ0v) is 17.1. The van der Waals surface area contributed by atoms with Crippen molar-refractivity contribution in [2.24, 2.45) is 0 Å². The number of likely N-dealkylation sites (N-methyl/N-ethyl adjacent to an activating group) is 1. The van der Waals surface area contributed by atoms with E-state index in [0.717, 1.165) is 4.31 Å². The maximum Gasteiger partial charge on any atom is 0.253 e. The highest BCUT2D eigenvalue weighted by Crippen LogP contribution is 2.15. The van der Waals surface area contributed by atoms with Gasteiger partial charge in [0, 0.05) is 31.4 Å². The molecule has 7 nitrogen and oxygen atoms in total. The second kappa shape index (κ2) is 9.48. The molecule has 150 valence electrons. The predicted molar refractivity (Wildman–Crippen MR) is 109 cm³/mol. The first kappa shape index (κ1) is 21.6. The van der Waals surface area contributed by atoms with E-state index in [2.05, 4.69) is 5.32 Å². The number of hydrogen-bond donors (Lipinski definition) is 1. The van der Waals surface area contributed by atoms with Crippen LogP contribution in [0.25, 0.3) is 0 Å². The number of carbonyl (C=O) groups is 2. The summed E-state index contributed by atoms with van der Waals surface area (Å²) < 4.78 is 26.0. The highest BCUT2D eigenvalue weighted by atomic mass is 32.2. The van der Waals surface area contributed by atoms with Gasteiger partial charge in [0.25, 0.3) is 5.91 Å². The molecular weight excluding hydrogens is 378 g/mol. The summed E-state index contributed by atoms with van der Waals surface area (Å²) in [5.74, 6) is -0.612. The normalized spacial score (nSPS) is 11.3. The molecule has 2 aromatic rings. The molecule has 8 heteroatoms. The predicted octanol–water partition coefficient (Wildman–Crippen LogP) is 2.43. The quantitative estimate of drug-likeness (QED) is 0.733. The van der Waals surface area contributed by atoms with Crippen LogP contribution in [0, 0.1) is 0 Å². The van der Waals surface area contributed by atoms with Crippen molar-refractivity contribution in [3.63, 3.8) is 0 Å². The molecule has 2 aromatic carbocycles. The largest absolute Gasteiger partial charge is 0.339 e. The lowest BCUT2D eigenvalue weighted by Crippen LogP contribution is -2.35. The number of anilines is 1. The van der Waals surface area contributed by atoms with Crippen molar-refractivity contribution in [1.82, 2.24) is 9.21 Å². The van der Waals surface area contributed by atoms with E-state index in [4.69, 9.17) is 0 Å². The molecule has 0 spiro atoms. The molecule has 0 bridgehead atoms. The molecule has 0 aliphatic carbocycles. The van der Waals surface area contributed by atoms with Crippen molar-refractivity contribution in [2.75, 3.05) is 32.0 Å². The summed E-state index contributed by atoms with van der Waals surface area (Å²) in [7, 11) is -2.40. The number of nitrogens with one attached hydrogen (secondary N) is 1. The average molecular weight is 404 g/mol. The Kier molecular flexibility index (Phi) is 7.31. The van der Waals surface area contributed by atoms with Crippen LogP contribution in [0.2, 0.25) is 0 Å². The summed E-state index contributed by atoms with van der Waals surface area (Å²) in [6.45, 7) is 4.64. The molecule has 0 saturated heterocycles. The topological polar surface area (TPSA) is 86.8 Å². The highest BCUT2D eigenvalue weighted by molar-refractivity contribution is 7.89. The van der Waals surface area contributed by atoms with E-state index in [0.29, 0.717) is 24.3 Å². The second-order valence-corrected chi connectivity index (χ2v) is 8.23. The molecule has 0 aliphatic rings. The molecule has 0 saturated carbocycles. The maximum absolute atomic E-state index is 12.5. The first-order valence-corrected chi connectivity index (χ1v) is 10.4. The van der Waals surface area contributed by atoms with E-state index in [9.17, 15) is 18.0 Å². The minimum absolute atomic E-state index is 0.120. The number of hydrogen-bond acceptors (Lipinski definition) is 4. The fourth-order valence-corrected chi connectivity index (χ4v) is 3.83. The van der Waals surface area contributed by atoms with Crippen molar-refractivity contribution in [3.05, 3.63) is 60.2 Å². The van der Waals surface area contributed by atoms with E-state index in [-0.39, 0.29) is 17.3 Å². The molecule has 0 fully saturated rings. The van der Waals surface area contributed by atoms with Gasteiger partial charge in [-0.05, 0) is 44.2 Å². The van der Waals surface area contributed by atoms with Gasteiger partial charge in [0.1, 0.15) is 0 Å². The van der Waals surface area contributed by atoms with Gasteiger partial charge in [0.05, 0.1) is 11.4 Å². The molecule has 0 radical (unpaired) electrons. The highest BCUT2D eigenvalue weighted by Gasteiger charge is 2.22. The average Bonchev–Trinajstić information content (AvgIpc) is 2.69. The van der Waals surface area contributed by atoms with Crippen LogP contribution in [0.3, 0.4) is 0 Å². The fourth-order valence-electron chi connectivity index (χ4n) is 2.68. The van der Waals surface area contributed by atoms with Crippen LogP contribution in [0.15, 0.2) is 59.5 Å². The standard InChI is InChI=1S/C20H25N3O4S/c1-4-23(5-2)20(25)16-10-9-11-17(14-16)21-19(24)15-22(3)28(26,27)18-12-7-6-8-13-18/h6-14H,4-5,15H2,1-3H3,(H,21,24). The minimum atomic E-state index is -3.75. The summed E-state index contributed by atoms with van der Waals surface area (Å²) in [6, 6.07) is 14.5. The van der Waals surface area contributed by atoms with Gasteiger partial charge in [0.2, 0.25) is 15.9 Å². The van der Waals surface area contributed by atoms with Gasteiger partial charge in [-0.2, -0.15) is 4.31 Å². The van der Waals surface area contributed by atoms with E-state index >= 15 is 0 Å². The van der Waals surface area contributed by atoms with E-state index in [1.54, 1.807) is 47.4 Å².